The Morgan fingerprint density at radius 2 is 1.88 bits per heavy atom. The second-order valence-electron chi connectivity index (χ2n) is 5.23. The first-order valence-electron chi connectivity index (χ1n) is 6.88. The van der Waals surface area contributed by atoms with Crippen molar-refractivity contribution in [3.8, 4) is 0 Å². The van der Waals surface area contributed by atoms with Gasteiger partial charge in [-0.15, -0.1) is 0 Å². The van der Waals surface area contributed by atoms with E-state index in [1.165, 1.54) is 32.1 Å². The van der Waals surface area contributed by atoms with Gasteiger partial charge in [-0.25, -0.2) is 0 Å². The summed E-state index contributed by atoms with van der Waals surface area (Å²) in [6.45, 7) is 6.62. The molecule has 17 heavy (non-hydrogen) atoms. The van der Waals surface area contributed by atoms with Gasteiger partial charge < -0.3 is 10.3 Å². The number of nitrogens with two attached hydrogens (primary N) is 1. The molecule has 1 aromatic rings. The number of anilines is 1. The van der Waals surface area contributed by atoms with Crippen LogP contribution in [-0.2, 0) is 12.8 Å². The molecule has 0 spiro atoms. The zero-order valence-corrected chi connectivity index (χ0v) is 11.5. The van der Waals surface area contributed by atoms with E-state index in [1.54, 1.807) is 0 Å². The van der Waals surface area contributed by atoms with Crippen LogP contribution in [-0.4, -0.2) is 5.16 Å². The molecule has 0 aliphatic heterocycles. The van der Waals surface area contributed by atoms with Gasteiger partial charge >= 0.3 is 0 Å². The molecule has 98 valence electrons. The van der Waals surface area contributed by atoms with Gasteiger partial charge in [0.15, 0.2) is 5.82 Å². The molecular weight excluding hydrogens is 212 g/mol. The van der Waals surface area contributed by atoms with E-state index in [0.29, 0.717) is 11.7 Å². The molecule has 3 heteroatoms. The monoisotopic (exact) mass is 238 g/mol. The Bertz CT molecular complexity index is 318. The normalized spacial score (nSPS) is 11.3. The predicted molar refractivity (Wildman–Crippen MR) is 71.9 cm³/mol. The molecule has 0 saturated heterocycles. The summed E-state index contributed by atoms with van der Waals surface area (Å²) in [5, 5.41) is 3.89. The summed E-state index contributed by atoms with van der Waals surface area (Å²) in [4.78, 5) is 0. The van der Waals surface area contributed by atoms with Crippen molar-refractivity contribution in [2.45, 2.75) is 65.7 Å². The Labute approximate surface area is 105 Å². The van der Waals surface area contributed by atoms with Crippen molar-refractivity contribution in [2.24, 2.45) is 5.92 Å². The molecular formula is C14H26N2O. The van der Waals surface area contributed by atoms with Crippen LogP contribution < -0.4 is 5.73 Å². The molecule has 0 amide bonds. The van der Waals surface area contributed by atoms with E-state index in [9.17, 15) is 0 Å². The topological polar surface area (TPSA) is 52.0 Å². The third kappa shape index (κ3) is 4.80. The number of unbranched alkanes of at least 4 members (excludes halogenated alkanes) is 4. The van der Waals surface area contributed by atoms with E-state index in [1.807, 2.05) is 0 Å². The van der Waals surface area contributed by atoms with Crippen molar-refractivity contribution in [2.75, 3.05) is 5.73 Å². The van der Waals surface area contributed by atoms with E-state index in [-0.39, 0.29) is 0 Å². The van der Waals surface area contributed by atoms with Crippen LogP contribution in [0.1, 0.15) is 64.2 Å². The second kappa shape index (κ2) is 7.36. The van der Waals surface area contributed by atoms with Crippen LogP contribution in [0.2, 0.25) is 0 Å². The van der Waals surface area contributed by atoms with Gasteiger partial charge in [0.1, 0.15) is 5.76 Å². The van der Waals surface area contributed by atoms with Crippen LogP contribution in [0, 0.1) is 5.92 Å². The van der Waals surface area contributed by atoms with Gasteiger partial charge in [0.2, 0.25) is 0 Å². The smallest absolute Gasteiger partial charge is 0.170 e. The van der Waals surface area contributed by atoms with E-state index in [4.69, 9.17) is 10.3 Å². The van der Waals surface area contributed by atoms with Gasteiger partial charge in [-0.1, -0.05) is 51.6 Å². The highest BCUT2D eigenvalue weighted by molar-refractivity contribution is 5.40. The van der Waals surface area contributed by atoms with E-state index in [2.05, 4.69) is 25.9 Å². The molecule has 1 heterocycles. The summed E-state index contributed by atoms with van der Waals surface area (Å²) in [7, 11) is 0. The summed E-state index contributed by atoms with van der Waals surface area (Å²) in [6, 6.07) is 0. The van der Waals surface area contributed by atoms with Crippen molar-refractivity contribution in [3.63, 3.8) is 0 Å². The van der Waals surface area contributed by atoms with Crippen LogP contribution in [0.25, 0.3) is 0 Å². The maximum atomic E-state index is 5.84. The first-order chi connectivity index (χ1) is 8.15. The lowest BCUT2D eigenvalue weighted by Gasteiger charge is -2.05. The van der Waals surface area contributed by atoms with E-state index >= 15 is 0 Å². The number of hydrogen-bond acceptors (Lipinski definition) is 3. The number of aryl methyl sites for hydroxylation is 1. The Morgan fingerprint density at radius 3 is 2.53 bits per heavy atom. The maximum Gasteiger partial charge on any atom is 0.170 e. The Kier molecular flexibility index (Phi) is 6.09. The van der Waals surface area contributed by atoms with Crippen LogP contribution >= 0.6 is 0 Å². The Morgan fingerprint density at radius 1 is 1.18 bits per heavy atom. The largest absolute Gasteiger partial charge is 0.381 e. The molecule has 0 aliphatic carbocycles. The van der Waals surface area contributed by atoms with Crippen LogP contribution in [0.15, 0.2) is 4.52 Å². The highest BCUT2D eigenvalue weighted by Crippen LogP contribution is 2.22. The van der Waals surface area contributed by atoms with Crippen molar-refractivity contribution < 1.29 is 4.52 Å². The quantitative estimate of drug-likeness (QED) is 0.697. The molecule has 0 aromatic carbocycles. The highest BCUT2D eigenvalue weighted by atomic mass is 16.5. The summed E-state index contributed by atoms with van der Waals surface area (Å²) in [5.41, 5.74) is 6.97. The molecule has 0 unspecified atom stereocenters. The first-order valence-corrected chi connectivity index (χ1v) is 6.88. The maximum absolute atomic E-state index is 5.84. The first kappa shape index (κ1) is 14.1. The lowest BCUT2D eigenvalue weighted by atomic mass is 10.0. The fraction of sp³-hybridized carbons (Fsp3) is 0.786. The fourth-order valence-corrected chi connectivity index (χ4v) is 2.07. The number of rotatable bonds is 8. The molecule has 0 atom stereocenters. The van der Waals surface area contributed by atoms with Crippen LogP contribution in [0.4, 0.5) is 5.82 Å². The average Bonchev–Trinajstić information content (AvgIpc) is 2.60. The summed E-state index contributed by atoms with van der Waals surface area (Å²) in [5.74, 6) is 2.19. The Hall–Kier alpha value is -0.990. The molecule has 1 rings (SSSR count). The van der Waals surface area contributed by atoms with Gasteiger partial charge in [0.05, 0.1) is 0 Å². The molecule has 0 aliphatic rings. The van der Waals surface area contributed by atoms with Crippen LogP contribution in [0.5, 0.6) is 0 Å². The minimum absolute atomic E-state index is 0.585. The van der Waals surface area contributed by atoms with Gasteiger partial charge in [0, 0.05) is 12.0 Å². The third-order valence-corrected chi connectivity index (χ3v) is 3.02. The zero-order valence-electron chi connectivity index (χ0n) is 11.5. The van der Waals surface area contributed by atoms with Crippen molar-refractivity contribution >= 4 is 5.82 Å². The van der Waals surface area contributed by atoms with Crippen LogP contribution in [0.3, 0.4) is 0 Å². The minimum Gasteiger partial charge on any atom is -0.381 e. The summed E-state index contributed by atoms with van der Waals surface area (Å²) >= 11 is 0. The van der Waals surface area contributed by atoms with Crippen molar-refractivity contribution in [1.82, 2.24) is 5.16 Å². The van der Waals surface area contributed by atoms with Gasteiger partial charge in [0.25, 0.3) is 0 Å². The molecule has 0 saturated carbocycles. The highest BCUT2D eigenvalue weighted by Gasteiger charge is 2.14. The number of hydrogen-bond donors (Lipinski definition) is 1. The second-order valence-corrected chi connectivity index (χ2v) is 5.23. The predicted octanol–water partition coefficient (Wildman–Crippen LogP) is 3.97. The fourth-order valence-electron chi connectivity index (χ4n) is 2.07. The zero-order chi connectivity index (χ0) is 12.7. The lowest BCUT2D eigenvalue weighted by Crippen LogP contribution is -2.00. The molecule has 3 nitrogen and oxygen atoms in total. The number of nitrogens with zero attached hydrogens (tertiary/aromatic N) is 1. The minimum atomic E-state index is 0.585. The molecule has 0 fully saturated rings. The van der Waals surface area contributed by atoms with Crippen molar-refractivity contribution in [1.29, 1.82) is 0 Å². The van der Waals surface area contributed by atoms with E-state index < -0.39 is 0 Å². The number of aromatic nitrogens is 1. The average molecular weight is 238 g/mol. The molecule has 0 radical (unpaired) electrons. The summed E-state index contributed by atoms with van der Waals surface area (Å²) < 4.78 is 5.33. The molecule has 0 bridgehead atoms. The lowest BCUT2D eigenvalue weighted by molar-refractivity contribution is 0.378. The molecule has 1 aromatic heterocycles. The van der Waals surface area contributed by atoms with Crippen molar-refractivity contribution in [3.05, 3.63) is 11.3 Å². The standard InChI is InChI=1S/C14H26N2O/c1-4-5-6-7-8-9-13-12(10-11(2)3)14(15)16-17-13/h11H,4-10H2,1-3H3,(H2,15,16). The summed E-state index contributed by atoms with van der Waals surface area (Å²) in [6.07, 6.45) is 8.34. The third-order valence-electron chi connectivity index (χ3n) is 3.02. The number of nitrogen functional groups attached to an aromatic ring is 1. The molecule has 2 N–H and O–H groups in total. The Balaban J connectivity index is 2.42. The van der Waals surface area contributed by atoms with Gasteiger partial charge in [-0.2, -0.15) is 0 Å². The van der Waals surface area contributed by atoms with Gasteiger partial charge in [-0.3, -0.25) is 0 Å². The van der Waals surface area contributed by atoms with E-state index in [0.717, 1.165) is 24.2 Å². The van der Waals surface area contributed by atoms with Gasteiger partial charge in [-0.05, 0) is 18.8 Å². The SMILES string of the molecule is CCCCCCCc1onc(N)c1CC(C)C.